The van der Waals surface area contributed by atoms with Crippen LogP contribution >= 0.6 is 0 Å². The van der Waals surface area contributed by atoms with Crippen LogP contribution in [-0.4, -0.2) is 50.1 Å². The van der Waals surface area contributed by atoms with Crippen LogP contribution in [0.3, 0.4) is 0 Å². The van der Waals surface area contributed by atoms with Gasteiger partial charge in [-0.3, -0.25) is 4.21 Å². The molecule has 1 N–H and O–H groups in total. The van der Waals surface area contributed by atoms with E-state index < -0.39 is 19.9 Å². The molecular formula is C7H18NaO6SSi-. The summed E-state index contributed by atoms with van der Waals surface area (Å²) in [5.41, 5.74) is 0. The molecule has 0 fully saturated rings. The Balaban J connectivity index is -0.000000845. The van der Waals surface area contributed by atoms with Crippen molar-refractivity contribution in [2.24, 2.45) is 0 Å². The van der Waals surface area contributed by atoms with E-state index in [4.69, 9.17) is 13.3 Å². The van der Waals surface area contributed by atoms with Gasteiger partial charge in [-0.05, 0) is 12.8 Å². The molecule has 0 aromatic rings. The van der Waals surface area contributed by atoms with Crippen molar-refractivity contribution in [1.82, 2.24) is 0 Å². The van der Waals surface area contributed by atoms with Gasteiger partial charge in [0.15, 0.2) is 0 Å². The molecule has 1 atom stereocenters. The molecule has 0 rings (SSSR count). The molecule has 0 bridgehead atoms. The van der Waals surface area contributed by atoms with Crippen molar-refractivity contribution in [2.75, 3.05) is 27.1 Å². The summed E-state index contributed by atoms with van der Waals surface area (Å²) in [5, 5.41) is 0. The van der Waals surface area contributed by atoms with E-state index in [2.05, 4.69) is 0 Å². The predicted molar refractivity (Wildman–Crippen MR) is 56.5 cm³/mol. The first-order valence-electron chi connectivity index (χ1n) is 4.31. The van der Waals surface area contributed by atoms with Gasteiger partial charge in [-0.25, -0.2) is 0 Å². The number of unbranched alkanes of at least 4 members (excludes halogenated alkanes) is 1. The van der Waals surface area contributed by atoms with E-state index in [1.807, 2.05) is 0 Å². The smallest absolute Gasteiger partial charge is 0.870 e. The van der Waals surface area contributed by atoms with Crippen LogP contribution in [0.4, 0.5) is 0 Å². The summed E-state index contributed by atoms with van der Waals surface area (Å²) < 4.78 is 36.1. The molecule has 94 valence electrons. The maximum atomic E-state index is 10.3. The standard InChI is InChI=1S/C7H18O5SSi.Na.H2O/c1-10-14(11-2,12-3)7-5-4-6-13(8)9;;/h4-7H2,1-3H3,(H,8,9);;1H2/q;+1;/p-2. The molecule has 0 saturated heterocycles. The second-order valence-corrected chi connectivity index (χ2v) is 6.87. The van der Waals surface area contributed by atoms with Crippen LogP contribution in [0.2, 0.25) is 6.04 Å². The number of hydrogen-bond acceptors (Lipinski definition) is 6. The summed E-state index contributed by atoms with van der Waals surface area (Å²) in [6, 6.07) is 0.647. The zero-order valence-electron chi connectivity index (χ0n) is 10.2. The molecule has 0 aromatic carbocycles. The molecule has 9 heteroatoms. The fourth-order valence-corrected chi connectivity index (χ4v) is 3.35. The molecule has 0 aromatic heterocycles. The van der Waals surface area contributed by atoms with Crippen molar-refractivity contribution in [2.45, 2.75) is 18.9 Å². The normalized spacial score (nSPS) is 12.5. The summed E-state index contributed by atoms with van der Waals surface area (Å²) in [6.45, 7) is 0. The van der Waals surface area contributed by atoms with Crippen molar-refractivity contribution in [1.29, 1.82) is 0 Å². The zero-order valence-corrected chi connectivity index (χ0v) is 14.0. The predicted octanol–water partition coefficient (Wildman–Crippen LogP) is -2.65. The first-order chi connectivity index (χ1) is 6.60. The Morgan fingerprint density at radius 1 is 1.12 bits per heavy atom. The minimum atomic E-state index is -2.49. The molecule has 0 spiro atoms. The molecule has 6 nitrogen and oxygen atoms in total. The van der Waals surface area contributed by atoms with Crippen LogP contribution in [0.25, 0.3) is 0 Å². The summed E-state index contributed by atoms with van der Waals surface area (Å²) in [4.78, 5) is 0. The minimum Gasteiger partial charge on any atom is -0.870 e. The monoisotopic (exact) mass is 281 g/mol. The van der Waals surface area contributed by atoms with Crippen LogP contribution in [-0.2, 0) is 24.4 Å². The summed E-state index contributed by atoms with van der Waals surface area (Å²) in [5.74, 6) is 0.182. The van der Waals surface area contributed by atoms with Gasteiger partial charge in [-0.1, -0.05) is 11.1 Å². The molecule has 0 saturated carbocycles. The van der Waals surface area contributed by atoms with Crippen LogP contribution in [0.1, 0.15) is 12.8 Å². The first-order valence-corrected chi connectivity index (χ1v) is 7.49. The Labute approximate surface area is 122 Å². The second kappa shape index (κ2) is 12.6. The van der Waals surface area contributed by atoms with E-state index in [0.717, 1.165) is 6.42 Å². The number of hydrogen-bond donors (Lipinski definition) is 0. The molecule has 16 heavy (non-hydrogen) atoms. The fourth-order valence-electron chi connectivity index (χ4n) is 1.12. The Hall–Kier alpha value is 1.17. The van der Waals surface area contributed by atoms with E-state index >= 15 is 0 Å². The van der Waals surface area contributed by atoms with Crippen molar-refractivity contribution < 1.29 is 57.1 Å². The summed E-state index contributed by atoms with van der Waals surface area (Å²) >= 11 is -1.96. The minimum absolute atomic E-state index is 0. The van der Waals surface area contributed by atoms with Gasteiger partial charge in [0.1, 0.15) is 0 Å². The van der Waals surface area contributed by atoms with Gasteiger partial charge in [-0.15, -0.1) is 0 Å². The second-order valence-electron chi connectivity index (χ2n) is 2.76. The fraction of sp³-hybridized carbons (Fsp3) is 1.00. The van der Waals surface area contributed by atoms with Gasteiger partial charge in [0.25, 0.3) is 0 Å². The third kappa shape index (κ3) is 9.22. The SMILES string of the molecule is CO[Si](CCCCS(=O)[O-])(OC)OC.[Na+].[OH-]. The maximum Gasteiger partial charge on any atom is 1.00 e. The first kappa shape index (κ1) is 22.4. The van der Waals surface area contributed by atoms with E-state index in [9.17, 15) is 8.76 Å². The average molecular weight is 281 g/mol. The Morgan fingerprint density at radius 2 is 1.56 bits per heavy atom. The summed E-state index contributed by atoms with van der Waals surface area (Å²) in [6.07, 6.45) is 1.34. The van der Waals surface area contributed by atoms with Gasteiger partial charge in [-0.2, -0.15) is 0 Å². The van der Waals surface area contributed by atoms with E-state index in [1.165, 1.54) is 0 Å². The van der Waals surface area contributed by atoms with Crippen LogP contribution in [0.5, 0.6) is 0 Å². The molecule has 0 radical (unpaired) electrons. The zero-order chi connectivity index (χ0) is 11.0. The van der Waals surface area contributed by atoms with E-state index in [1.54, 1.807) is 21.3 Å². The largest absolute Gasteiger partial charge is 1.00 e. The molecule has 0 heterocycles. The van der Waals surface area contributed by atoms with Crippen molar-refractivity contribution >= 4 is 19.9 Å². The van der Waals surface area contributed by atoms with E-state index in [0.29, 0.717) is 12.5 Å². The molecule has 0 aliphatic rings. The molecular weight excluding hydrogens is 263 g/mol. The van der Waals surface area contributed by atoms with Gasteiger partial charge >= 0.3 is 38.4 Å². The summed E-state index contributed by atoms with van der Waals surface area (Å²) in [7, 11) is 2.15. The van der Waals surface area contributed by atoms with Crippen LogP contribution in [0.15, 0.2) is 0 Å². The van der Waals surface area contributed by atoms with E-state index in [-0.39, 0.29) is 40.8 Å². The van der Waals surface area contributed by atoms with Gasteiger partial charge in [0.05, 0.1) is 0 Å². The maximum absolute atomic E-state index is 10.3. The average Bonchev–Trinajstić information content (AvgIpc) is 2.19. The quantitative estimate of drug-likeness (QED) is 0.274. The third-order valence-electron chi connectivity index (χ3n) is 1.98. The van der Waals surface area contributed by atoms with Gasteiger partial charge in [0.2, 0.25) is 0 Å². The van der Waals surface area contributed by atoms with Crippen LogP contribution < -0.4 is 29.6 Å². The van der Waals surface area contributed by atoms with Crippen molar-refractivity contribution in [3.05, 3.63) is 0 Å². The topological polar surface area (TPSA) is 97.8 Å². The molecule has 0 aliphatic heterocycles. The Kier molecular flexibility index (Phi) is 17.6. The van der Waals surface area contributed by atoms with Crippen LogP contribution in [0, 0.1) is 0 Å². The third-order valence-corrected chi connectivity index (χ3v) is 5.43. The van der Waals surface area contributed by atoms with Gasteiger partial charge in [0, 0.05) is 33.1 Å². The molecule has 1 unspecified atom stereocenters. The molecule has 0 amide bonds. The Morgan fingerprint density at radius 3 is 1.88 bits per heavy atom. The molecule has 0 aliphatic carbocycles. The number of rotatable bonds is 8. The van der Waals surface area contributed by atoms with Gasteiger partial charge < -0.3 is 23.3 Å². The van der Waals surface area contributed by atoms with Crippen molar-refractivity contribution in [3.63, 3.8) is 0 Å². The Bertz CT molecular complexity index is 172. The van der Waals surface area contributed by atoms with Crippen molar-refractivity contribution in [3.8, 4) is 0 Å².